The van der Waals surface area contributed by atoms with E-state index in [0.29, 0.717) is 5.92 Å². The third kappa shape index (κ3) is 4.11. The molecule has 0 radical (unpaired) electrons. The van der Waals surface area contributed by atoms with Gasteiger partial charge in [0.1, 0.15) is 10.8 Å². The third-order valence-electron chi connectivity index (χ3n) is 4.90. The Morgan fingerprint density at radius 2 is 1.96 bits per heavy atom. The van der Waals surface area contributed by atoms with E-state index in [1.54, 1.807) is 34.9 Å². The molecule has 0 unspecified atom stereocenters. The standard InChI is InChI=1S/C19H23N5OS2/c1-25-16-9-7-14(8-10-16)18-21-15(11-26-18)12-27-19-23-22-17(24(19)20)13-5-3-2-4-6-13/h7-11,13H,2-6,12,20H2,1H3. The summed E-state index contributed by atoms with van der Waals surface area (Å²) in [6.45, 7) is 0. The van der Waals surface area contributed by atoms with Crippen molar-refractivity contribution in [3.63, 3.8) is 0 Å². The van der Waals surface area contributed by atoms with Crippen LogP contribution in [0.2, 0.25) is 0 Å². The maximum Gasteiger partial charge on any atom is 0.210 e. The van der Waals surface area contributed by atoms with Crippen molar-refractivity contribution in [1.29, 1.82) is 0 Å². The summed E-state index contributed by atoms with van der Waals surface area (Å²) in [5.41, 5.74) is 2.12. The predicted octanol–water partition coefficient (Wildman–Crippen LogP) is 4.46. The monoisotopic (exact) mass is 401 g/mol. The molecule has 2 aromatic heterocycles. The molecule has 27 heavy (non-hydrogen) atoms. The van der Waals surface area contributed by atoms with E-state index in [1.807, 2.05) is 24.3 Å². The maximum absolute atomic E-state index is 6.26. The first-order valence-corrected chi connectivity index (χ1v) is 11.0. The van der Waals surface area contributed by atoms with E-state index in [4.69, 9.17) is 15.6 Å². The van der Waals surface area contributed by atoms with Gasteiger partial charge in [-0.15, -0.1) is 21.5 Å². The second-order valence-electron chi connectivity index (χ2n) is 6.71. The minimum Gasteiger partial charge on any atom is -0.497 e. The number of aromatic nitrogens is 4. The first-order chi connectivity index (χ1) is 13.2. The second-order valence-corrected chi connectivity index (χ2v) is 8.51. The van der Waals surface area contributed by atoms with Gasteiger partial charge in [-0.2, -0.15) is 0 Å². The average molecular weight is 402 g/mol. The van der Waals surface area contributed by atoms with Crippen molar-refractivity contribution in [2.75, 3.05) is 13.0 Å². The zero-order chi connectivity index (χ0) is 18.6. The summed E-state index contributed by atoms with van der Waals surface area (Å²) in [6.07, 6.45) is 6.16. The van der Waals surface area contributed by atoms with Crippen LogP contribution in [0.3, 0.4) is 0 Å². The van der Waals surface area contributed by atoms with Gasteiger partial charge in [0.25, 0.3) is 0 Å². The summed E-state index contributed by atoms with van der Waals surface area (Å²) in [7, 11) is 1.67. The summed E-state index contributed by atoms with van der Waals surface area (Å²) in [6, 6.07) is 7.97. The summed E-state index contributed by atoms with van der Waals surface area (Å²) in [5.74, 6) is 9.22. The molecule has 2 heterocycles. The molecule has 3 aromatic rings. The molecule has 1 aliphatic rings. The smallest absolute Gasteiger partial charge is 0.210 e. The predicted molar refractivity (Wildman–Crippen MR) is 110 cm³/mol. The van der Waals surface area contributed by atoms with Gasteiger partial charge in [0, 0.05) is 22.6 Å². The summed E-state index contributed by atoms with van der Waals surface area (Å²) in [5, 5.41) is 12.5. The fraction of sp³-hybridized carbons (Fsp3) is 0.421. The Morgan fingerprint density at radius 1 is 1.19 bits per heavy atom. The highest BCUT2D eigenvalue weighted by atomic mass is 32.2. The van der Waals surface area contributed by atoms with Crippen LogP contribution in [0.5, 0.6) is 5.75 Å². The van der Waals surface area contributed by atoms with Crippen molar-refractivity contribution in [2.24, 2.45) is 0 Å². The van der Waals surface area contributed by atoms with Gasteiger partial charge < -0.3 is 10.6 Å². The maximum atomic E-state index is 6.26. The van der Waals surface area contributed by atoms with Gasteiger partial charge in [-0.1, -0.05) is 31.0 Å². The second kappa shape index (κ2) is 8.31. The Balaban J connectivity index is 1.40. The number of thiazole rings is 1. The van der Waals surface area contributed by atoms with Gasteiger partial charge in [-0.05, 0) is 37.1 Å². The van der Waals surface area contributed by atoms with Crippen molar-refractivity contribution in [3.8, 4) is 16.3 Å². The first kappa shape index (κ1) is 18.3. The Labute approximate surface area is 167 Å². The molecule has 1 fully saturated rings. The molecule has 142 valence electrons. The van der Waals surface area contributed by atoms with E-state index in [1.165, 1.54) is 19.3 Å². The van der Waals surface area contributed by atoms with Gasteiger partial charge >= 0.3 is 0 Å². The highest BCUT2D eigenvalue weighted by molar-refractivity contribution is 7.98. The zero-order valence-corrected chi connectivity index (χ0v) is 16.9. The zero-order valence-electron chi connectivity index (χ0n) is 15.3. The topological polar surface area (TPSA) is 78.9 Å². The highest BCUT2D eigenvalue weighted by Crippen LogP contribution is 2.33. The van der Waals surface area contributed by atoms with Crippen molar-refractivity contribution >= 4 is 23.1 Å². The lowest BCUT2D eigenvalue weighted by Gasteiger charge is -2.20. The van der Waals surface area contributed by atoms with E-state index in [-0.39, 0.29) is 0 Å². The lowest BCUT2D eigenvalue weighted by molar-refractivity contribution is 0.415. The number of rotatable bonds is 6. The van der Waals surface area contributed by atoms with Gasteiger partial charge in [-0.3, -0.25) is 0 Å². The Morgan fingerprint density at radius 3 is 2.70 bits per heavy atom. The molecule has 0 spiro atoms. The number of methoxy groups -OCH3 is 1. The molecule has 0 saturated heterocycles. The largest absolute Gasteiger partial charge is 0.497 e. The van der Waals surface area contributed by atoms with E-state index >= 15 is 0 Å². The van der Waals surface area contributed by atoms with Gasteiger partial charge in [0.2, 0.25) is 5.16 Å². The van der Waals surface area contributed by atoms with Crippen molar-refractivity contribution in [3.05, 3.63) is 41.2 Å². The van der Waals surface area contributed by atoms with Crippen LogP contribution in [0.15, 0.2) is 34.8 Å². The molecule has 2 N–H and O–H groups in total. The molecule has 1 aromatic carbocycles. The Kier molecular flexibility index (Phi) is 5.63. The molecule has 1 saturated carbocycles. The number of benzene rings is 1. The minimum atomic E-state index is 0.451. The summed E-state index contributed by atoms with van der Waals surface area (Å²) < 4.78 is 6.89. The van der Waals surface area contributed by atoms with Crippen LogP contribution in [0.4, 0.5) is 0 Å². The molecule has 6 nitrogen and oxygen atoms in total. The first-order valence-electron chi connectivity index (χ1n) is 9.16. The van der Waals surface area contributed by atoms with Crippen LogP contribution in [-0.4, -0.2) is 27.0 Å². The molecule has 1 aliphatic carbocycles. The third-order valence-corrected chi connectivity index (χ3v) is 6.82. The van der Waals surface area contributed by atoms with Crippen LogP contribution in [0, 0.1) is 0 Å². The van der Waals surface area contributed by atoms with Crippen LogP contribution in [-0.2, 0) is 5.75 Å². The lowest BCUT2D eigenvalue weighted by Crippen LogP contribution is -2.18. The van der Waals surface area contributed by atoms with Crippen molar-refractivity contribution in [2.45, 2.75) is 48.9 Å². The van der Waals surface area contributed by atoms with Crippen LogP contribution in [0.25, 0.3) is 10.6 Å². The van der Waals surface area contributed by atoms with E-state index in [9.17, 15) is 0 Å². The quantitative estimate of drug-likeness (QED) is 0.485. The van der Waals surface area contributed by atoms with Crippen LogP contribution in [0.1, 0.15) is 49.5 Å². The van der Waals surface area contributed by atoms with E-state index in [2.05, 4.69) is 15.6 Å². The summed E-state index contributed by atoms with van der Waals surface area (Å²) >= 11 is 3.23. The fourth-order valence-corrected chi connectivity index (χ4v) is 5.09. The SMILES string of the molecule is COc1ccc(-c2nc(CSc3nnc(C4CCCCC4)n3N)cs2)cc1. The van der Waals surface area contributed by atoms with Crippen molar-refractivity contribution < 1.29 is 4.74 Å². The number of nitrogens with two attached hydrogens (primary N) is 1. The van der Waals surface area contributed by atoms with Gasteiger partial charge in [0.05, 0.1) is 12.8 Å². The molecular formula is C19H23N5OS2. The molecule has 0 atom stereocenters. The number of nitrogens with zero attached hydrogens (tertiary/aromatic N) is 4. The van der Waals surface area contributed by atoms with Gasteiger partial charge in [0.15, 0.2) is 5.82 Å². The molecule has 0 bridgehead atoms. The highest BCUT2D eigenvalue weighted by Gasteiger charge is 2.22. The molecular weight excluding hydrogens is 378 g/mol. The average Bonchev–Trinajstić information content (AvgIpc) is 3.34. The number of thioether (sulfide) groups is 1. The van der Waals surface area contributed by atoms with E-state index in [0.717, 1.165) is 51.6 Å². The van der Waals surface area contributed by atoms with Crippen LogP contribution < -0.4 is 10.6 Å². The molecule has 0 aliphatic heterocycles. The normalized spacial score (nSPS) is 15.1. The molecule has 4 rings (SSSR count). The van der Waals surface area contributed by atoms with Crippen LogP contribution >= 0.6 is 23.1 Å². The van der Waals surface area contributed by atoms with Crippen molar-refractivity contribution in [1.82, 2.24) is 19.9 Å². The van der Waals surface area contributed by atoms with Gasteiger partial charge in [-0.25, -0.2) is 9.66 Å². The Bertz CT molecular complexity index is 884. The minimum absolute atomic E-state index is 0.451. The summed E-state index contributed by atoms with van der Waals surface area (Å²) in [4.78, 5) is 4.74. The number of ether oxygens (including phenoxy) is 1. The lowest BCUT2D eigenvalue weighted by atomic mass is 9.89. The Hall–Kier alpha value is -2.06. The molecule has 0 amide bonds. The number of hydrogen-bond acceptors (Lipinski definition) is 7. The fourth-order valence-electron chi connectivity index (χ4n) is 3.40. The molecule has 8 heteroatoms. The number of hydrogen-bond donors (Lipinski definition) is 1. The van der Waals surface area contributed by atoms with E-state index < -0.39 is 0 Å². The number of nitrogen functional groups attached to an aromatic ring is 1.